The highest BCUT2D eigenvalue weighted by atomic mass is 16.3. The van der Waals surface area contributed by atoms with Crippen LogP contribution in [0, 0.1) is 18.8 Å². The Bertz CT molecular complexity index is 786. The molecular formula is C21H31N3O3. The summed E-state index contributed by atoms with van der Waals surface area (Å²) in [6.07, 6.45) is 0. The molecule has 1 aliphatic heterocycles. The van der Waals surface area contributed by atoms with Crippen LogP contribution in [0.5, 0.6) is 0 Å². The molecule has 6 heteroatoms. The molecule has 0 radical (unpaired) electrons. The smallest absolute Gasteiger partial charge is 0.289 e. The molecule has 2 aromatic rings. The second-order valence-electron chi connectivity index (χ2n) is 8.13. The third-order valence-corrected chi connectivity index (χ3v) is 5.46. The Kier molecular flexibility index (Phi) is 6.19. The van der Waals surface area contributed by atoms with E-state index in [1.165, 1.54) is 0 Å². The number of benzene rings is 1. The summed E-state index contributed by atoms with van der Waals surface area (Å²) in [5.74, 6) is 0.690. The number of likely N-dealkylation sites (N-methyl/N-ethyl adjacent to an activating group) is 2. The van der Waals surface area contributed by atoms with Gasteiger partial charge in [-0.3, -0.25) is 4.79 Å². The summed E-state index contributed by atoms with van der Waals surface area (Å²) < 4.78 is 5.78. The van der Waals surface area contributed by atoms with Gasteiger partial charge in [0, 0.05) is 50.6 Å². The van der Waals surface area contributed by atoms with Crippen molar-refractivity contribution < 1.29 is 14.3 Å². The molecule has 27 heavy (non-hydrogen) atoms. The van der Waals surface area contributed by atoms with Crippen molar-refractivity contribution in [1.82, 2.24) is 14.7 Å². The standard InChI is InChI=1S/C21H31N3O3/c1-15-5-6-19-16(9-15)10-20(27-19)21(26)24-12-17(18(13-24)14-25)11-23(4)8-7-22(2)3/h5-6,9-10,17-18,25H,7-8,11-14H2,1-4H3/t17-,18-/m1/s1. The number of aliphatic hydroxyl groups is 1. The molecule has 1 fully saturated rings. The monoisotopic (exact) mass is 373 g/mol. The van der Waals surface area contributed by atoms with E-state index in [1.54, 1.807) is 0 Å². The number of rotatable bonds is 7. The SMILES string of the molecule is Cc1ccc2oc(C(=O)N3C[C@@H](CN(C)CCN(C)C)[C@@H](CO)C3)cc2c1. The van der Waals surface area contributed by atoms with E-state index in [1.807, 2.05) is 36.1 Å². The fraction of sp³-hybridized carbons (Fsp3) is 0.571. The van der Waals surface area contributed by atoms with E-state index in [0.29, 0.717) is 18.8 Å². The molecule has 2 atom stereocenters. The molecule has 0 bridgehead atoms. The number of fused-ring (bicyclic) bond motifs is 1. The first-order chi connectivity index (χ1) is 12.9. The molecule has 3 rings (SSSR count). The van der Waals surface area contributed by atoms with Crippen LogP contribution in [0.4, 0.5) is 0 Å². The number of nitrogens with zero attached hydrogens (tertiary/aromatic N) is 3. The molecule has 0 saturated carbocycles. The lowest BCUT2D eigenvalue weighted by Gasteiger charge is -2.25. The first kappa shape index (κ1) is 19.9. The van der Waals surface area contributed by atoms with E-state index < -0.39 is 0 Å². The Hall–Kier alpha value is -1.89. The van der Waals surface area contributed by atoms with Crippen LogP contribution in [0.2, 0.25) is 0 Å². The van der Waals surface area contributed by atoms with E-state index in [-0.39, 0.29) is 24.3 Å². The summed E-state index contributed by atoms with van der Waals surface area (Å²) in [5, 5.41) is 10.7. The largest absolute Gasteiger partial charge is 0.451 e. The quantitative estimate of drug-likeness (QED) is 0.803. The second-order valence-corrected chi connectivity index (χ2v) is 8.13. The van der Waals surface area contributed by atoms with E-state index in [0.717, 1.165) is 36.2 Å². The van der Waals surface area contributed by atoms with Crippen molar-refractivity contribution >= 4 is 16.9 Å². The summed E-state index contributed by atoms with van der Waals surface area (Å²) in [5.41, 5.74) is 1.88. The molecule has 1 N–H and O–H groups in total. The van der Waals surface area contributed by atoms with Gasteiger partial charge in [-0.05, 0) is 52.2 Å². The number of carbonyl (C=O) groups is 1. The molecule has 1 amide bonds. The first-order valence-electron chi connectivity index (χ1n) is 9.61. The summed E-state index contributed by atoms with van der Waals surface area (Å²) in [7, 11) is 6.23. The molecule has 1 aromatic heterocycles. The Morgan fingerprint density at radius 3 is 2.63 bits per heavy atom. The summed E-state index contributed by atoms with van der Waals surface area (Å²) in [4.78, 5) is 19.2. The molecule has 6 nitrogen and oxygen atoms in total. The minimum absolute atomic E-state index is 0.0826. The molecule has 0 aliphatic carbocycles. The van der Waals surface area contributed by atoms with Crippen LogP contribution in [0.25, 0.3) is 11.0 Å². The zero-order chi connectivity index (χ0) is 19.6. The first-order valence-corrected chi connectivity index (χ1v) is 9.61. The Balaban J connectivity index is 1.66. The van der Waals surface area contributed by atoms with Crippen LogP contribution in [-0.4, -0.2) is 86.2 Å². The third kappa shape index (κ3) is 4.69. The molecule has 1 aromatic carbocycles. The van der Waals surface area contributed by atoms with Crippen molar-refractivity contribution in [3.05, 3.63) is 35.6 Å². The van der Waals surface area contributed by atoms with E-state index in [9.17, 15) is 9.90 Å². The highest BCUT2D eigenvalue weighted by Gasteiger charge is 2.36. The van der Waals surface area contributed by atoms with Gasteiger partial charge in [-0.2, -0.15) is 0 Å². The fourth-order valence-electron chi connectivity index (χ4n) is 3.80. The van der Waals surface area contributed by atoms with Crippen molar-refractivity contribution in [2.45, 2.75) is 6.92 Å². The number of hydrogen-bond donors (Lipinski definition) is 1. The predicted molar refractivity (Wildman–Crippen MR) is 107 cm³/mol. The molecule has 148 valence electrons. The highest BCUT2D eigenvalue weighted by molar-refractivity contribution is 5.96. The number of aliphatic hydroxyl groups excluding tert-OH is 1. The third-order valence-electron chi connectivity index (χ3n) is 5.46. The zero-order valence-corrected chi connectivity index (χ0v) is 16.8. The van der Waals surface area contributed by atoms with Crippen LogP contribution in [0.3, 0.4) is 0 Å². The topological polar surface area (TPSA) is 60.2 Å². The zero-order valence-electron chi connectivity index (χ0n) is 16.8. The van der Waals surface area contributed by atoms with Gasteiger partial charge in [-0.15, -0.1) is 0 Å². The number of carbonyl (C=O) groups excluding carboxylic acids is 1. The summed E-state index contributed by atoms with van der Waals surface area (Å²) in [6, 6.07) is 7.75. The highest BCUT2D eigenvalue weighted by Crippen LogP contribution is 2.27. The van der Waals surface area contributed by atoms with Gasteiger partial charge in [-0.1, -0.05) is 11.6 Å². The Morgan fingerprint density at radius 2 is 1.93 bits per heavy atom. The van der Waals surface area contributed by atoms with E-state index in [2.05, 4.69) is 30.9 Å². The summed E-state index contributed by atoms with van der Waals surface area (Å²) in [6.45, 7) is 6.21. The summed E-state index contributed by atoms with van der Waals surface area (Å²) >= 11 is 0. The van der Waals surface area contributed by atoms with Gasteiger partial charge in [0.1, 0.15) is 5.58 Å². The second kappa shape index (κ2) is 8.42. The van der Waals surface area contributed by atoms with Crippen molar-refractivity contribution in [3.63, 3.8) is 0 Å². The van der Waals surface area contributed by atoms with Gasteiger partial charge in [0.25, 0.3) is 5.91 Å². The van der Waals surface area contributed by atoms with Crippen LogP contribution < -0.4 is 0 Å². The normalized spacial score (nSPS) is 20.3. The van der Waals surface area contributed by atoms with Gasteiger partial charge >= 0.3 is 0 Å². The van der Waals surface area contributed by atoms with Crippen LogP contribution in [0.15, 0.2) is 28.7 Å². The van der Waals surface area contributed by atoms with Crippen LogP contribution >= 0.6 is 0 Å². The molecule has 1 saturated heterocycles. The predicted octanol–water partition coefficient (Wildman–Crippen LogP) is 1.92. The molecule has 0 spiro atoms. The minimum atomic E-state index is -0.0826. The van der Waals surface area contributed by atoms with Gasteiger partial charge < -0.3 is 24.2 Å². The molecular weight excluding hydrogens is 342 g/mol. The average molecular weight is 373 g/mol. The lowest BCUT2D eigenvalue weighted by molar-refractivity contribution is 0.0750. The maximum absolute atomic E-state index is 12.9. The van der Waals surface area contributed by atoms with E-state index in [4.69, 9.17) is 4.42 Å². The Labute approximate surface area is 161 Å². The minimum Gasteiger partial charge on any atom is -0.451 e. The van der Waals surface area contributed by atoms with Crippen molar-refractivity contribution in [2.75, 3.05) is 60.5 Å². The van der Waals surface area contributed by atoms with Gasteiger partial charge in [0.15, 0.2) is 5.76 Å². The maximum Gasteiger partial charge on any atom is 0.289 e. The lowest BCUT2D eigenvalue weighted by Crippen LogP contribution is -2.35. The van der Waals surface area contributed by atoms with Crippen molar-refractivity contribution in [3.8, 4) is 0 Å². The van der Waals surface area contributed by atoms with Crippen molar-refractivity contribution in [1.29, 1.82) is 0 Å². The van der Waals surface area contributed by atoms with Gasteiger partial charge in [0.05, 0.1) is 0 Å². The van der Waals surface area contributed by atoms with Gasteiger partial charge in [0.2, 0.25) is 0 Å². The maximum atomic E-state index is 12.9. The van der Waals surface area contributed by atoms with Gasteiger partial charge in [-0.25, -0.2) is 0 Å². The fourth-order valence-corrected chi connectivity index (χ4v) is 3.80. The molecule has 0 unspecified atom stereocenters. The lowest BCUT2D eigenvalue weighted by atomic mass is 9.96. The number of hydrogen-bond acceptors (Lipinski definition) is 5. The van der Waals surface area contributed by atoms with Crippen LogP contribution in [0.1, 0.15) is 16.1 Å². The Morgan fingerprint density at radius 1 is 1.19 bits per heavy atom. The number of amides is 1. The van der Waals surface area contributed by atoms with E-state index >= 15 is 0 Å². The molecule has 2 heterocycles. The van der Waals surface area contributed by atoms with Crippen molar-refractivity contribution in [2.24, 2.45) is 11.8 Å². The number of aryl methyl sites for hydroxylation is 1. The number of furan rings is 1. The molecule has 1 aliphatic rings. The van der Waals surface area contributed by atoms with Crippen LogP contribution in [-0.2, 0) is 0 Å². The number of likely N-dealkylation sites (tertiary alicyclic amines) is 1. The average Bonchev–Trinajstić information content (AvgIpc) is 3.22.